The molecule has 0 unspecified atom stereocenters. The Hall–Kier alpha value is -5.85. The van der Waals surface area contributed by atoms with Gasteiger partial charge in [-0.2, -0.15) is 5.10 Å². The lowest BCUT2D eigenvalue weighted by Gasteiger charge is -2.39. The Labute approximate surface area is 387 Å². The minimum atomic E-state index is -4.62. The van der Waals surface area contributed by atoms with Crippen LogP contribution in [0.15, 0.2) is 95.7 Å². The molecule has 6 aromatic rings. The van der Waals surface area contributed by atoms with E-state index in [-0.39, 0.29) is 29.4 Å². The van der Waals surface area contributed by atoms with Crippen LogP contribution in [0, 0.1) is 15.5 Å². The van der Waals surface area contributed by atoms with Crippen LogP contribution >= 0.6 is 11.6 Å². The van der Waals surface area contributed by atoms with Crippen LogP contribution in [0.5, 0.6) is 5.75 Å². The average molecular weight is 935 g/mol. The van der Waals surface area contributed by atoms with Crippen molar-refractivity contribution in [3.05, 3.63) is 117 Å². The van der Waals surface area contributed by atoms with Crippen LogP contribution in [-0.2, 0) is 14.8 Å². The number of hydrogen-bond donors (Lipinski definition) is 2. The summed E-state index contributed by atoms with van der Waals surface area (Å²) in [4.78, 5) is 40.2. The predicted molar refractivity (Wildman–Crippen MR) is 253 cm³/mol. The number of benzene rings is 3. The highest BCUT2D eigenvalue weighted by atomic mass is 35.5. The van der Waals surface area contributed by atoms with E-state index in [9.17, 15) is 23.3 Å². The predicted octanol–water partition coefficient (Wildman–Crippen LogP) is 7.61. The largest absolute Gasteiger partial charge is 0.484 e. The number of anilines is 1. The third kappa shape index (κ3) is 9.27. The molecule has 0 bridgehead atoms. The lowest BCUT2D eigenvalue weighted by Crippen LogP contribution is -2.47. The molecule has 3 fully saturated rings. The highest BCUT2D eigenvalue weighted by molar-refractivity contribution is 7.90. The van der Waals surface area contributed by atoms with Crippen LogP contribution < -0.4 is 14.4 Å². The number of fused-ring (bicyclic) bond motifs is 2. The van der Waals surface area contributed by atoms with Crippen molar-refractivity contribution in [2.75, 3.05) is 63.9 Å². The molecule has 1 amide bonds. The number of aromatic nitrogens is 4. The Kier molecular flexibility index (Phi) is 11.8. The molecule has 2 aliphatic heterocycles. The van der Waals surface area contributed by atoms with Gasteiger partial charge < -0.3 is 19.4 Å². The van der Waals surface area contributed by atoms with Gasteiger partial charge in [0, 0.05) is 80.2 Å². The monoisotopic (exact) mass is 933 g/mol. The molecule has 0 spiro atoms. The molecule has 18 heteroatoms. The highest BCUT2D eigenvalue weighted by Gasteiger charge is 2.34. The van der Waals surface area contributed by atoms with Crippen molar-refractivity contribution >= 4 is 66.5 Å². The number of halogens is 1. The first kappa shape index (κ1) is 44.0. The number of allylic oxidation sites excluding steroid dienone is 1. The first-order valence-corrected chi connectivity index (χ1v) is 24.4. The van der Waals surface area contributed by atoms with E-state index in [4.69, 9.17) is 26.1 Å². The molecule has 0 radical (unpaired) electrons. The third-order valence-corrected chi connectivity index (χ3v) is 15.0. The highest BCUT2D eigenvalue weighted by Crippen LogP contribution is 2.43. The van der Waals surface area contributed by atoms with E-state index < -0.39 is 31.4 Å². The number of amides is 1. The van der Waals surface area contributed by atoms with E-state index in [0.29, 0.717) is 41.6 Å². The van der Waals surface area contributed by atoms with Crippen molar-refractivity contribution < 1.29 is 27.6 Å². The van der Waals surface area contributed by atoms with Crippen molar-refractivity contribution in [2.45, 2.75) is 63.0 Å². The standard InChI is InChI=1S/C48H52ClN9O7S/c1-48(2)15-13-33(40(26-48)31-3-5-34(49)6-4-31)28-54-17-19-55(20-18-54)36-9-11-39(42(24-36)57-43-23-32-14-16-50-46(32)52-41(43)27-51-57)47(59)53-66(62,63)38-10-12-45(44(25-38)58(60)61)65-30-37-29-56(21-22-64-37)35-7-8-35/h3-6,9-12,14,16,23-25,27,35,37H,7-8,13,15,17-22,26,28-30H2,1-2H3,(H,50,52)(H,53,59)/t37-/m1/s1. The maximum atomic E-state index is 14.2. The number of nitrogens with zero attached hydrogens (tertiary/aromatic N) is 7. The van der Waals surface area contributed by atoms with Gasteiger partial charge in [-0.25, -0.2) is 22.8 Å². The van der Waals surface area contributed by atoms with Crippen molar-refractivity contribution in [3.8, 4) is 11.4 Å². The molecule has 5 heterocycles. The fraction of sp³-hybridized carbons (Fsp3) is 0.396. The zero-order valence-electron chi connectivity index (χ0n) is 36.9. The molecule has 2 saturated heterocycles. The van der Waals surface area contributed by atoms with Gasteiger partial charge in [-0.15, -0.1) is 0 Å². The first-order valence-electron chi connectivity index (χ1n) is 22.5. The van der Waals surface area contributed by atoms with E-state index in [2.05, 4.69) is 55.5 Å². The minimum Gasteiger partial charge on any atom is -0.484 e. The number of morpholine rings is 1. The number of rotatable bonds is 13. The summed E-state index contributed by atoms with van der Waals surface area (Å²) >= 11 is 6.26. The molecule has 10 rings (SSSR count). The van der Waals surface area contributed by atoms with Gasteiger partial charge in [-0.3, -0.25) is 24.7 Å². The maximum Gasteiger partial charge on any atom is 0.312 e. The van der Waals surface area contributed by atoms with Gasteiger partial charge in [0.15, 0.2) is 5.75 Å². The lowest BCUT2D eigenvalue weighted by atomic mass is 9.72. The van der Waals surface area contributed by atoms with E-state index >= 15 is 0 Å². The van der Waals surface area contributed by atoms with Crippen LogP contribution in [0.3, 0.4) is 0 Å². The summed E-state index contributed by atoms with van der Waals surface area (Å²) in [6.45, 7) is 10.7. The Bertz CT molecular complexity index is 2980. The summed E-state index contributed by atoms with van der Waals surface area (Å²) in [5, 5.41) is 18.5. The van der Waals surface area contributed by atoms with Crippen molar-refractivity contribution in [1.29, 1.82) is 0 Å². The van der Waals surface area contributed by atoms with Gasteiger partial charge >= 0.3 is 5.69 Å². The lowest BCUT2D eigenvalue weighted by molar-refractivity contribution is -0.386. The second-order valence-corrected chi connectivity index (χ2v) is 20.7. The number of hydrogen-bond acceptors (Lipinski definition) is 12. The van der Waals surface area contributed by atoms with Gasteiger partial charge in [0.05, 0.1) is 39.4 Å². The Morgan fingerprint density at radius 1 is 1.03 bits per heavy atom. The number of carbonyl (C=O) groups excluding carboxylic acids is 1. The maximum absolute atomic E-state index is 14.2. The molecule has 1 saturated carbocycles. The summed E-state index contributed by atoms with van der Waals surface area (Å²) in [5.41, 5.74) is 6.87. The number of carbonyl (C=O) groups is 1. The average Bonchev–Trinajstić information content (AvgIpc) is 3.93. The fourth-order valence-electron chi connectivity index (χ4n) is 9.56. The topological polar surface area (TPSA) is 181 Å². The summed E-state index contributed by atoms with van der Waals surface area (Å²) in [7, 11) is -4.62. The van der Waals surface area contributed by atoms with Gasteiger partial charge in [-0.05, 0) is 103 Å². The van der Waals surface area contributed by atoms with Crippen molar-refractivity contribution in [2.24, 2.45) is 5.41 Å². The molecule has 4 aliphatic rings. The van der Waals surface area contributed by atoms with E-state index in [1.807, 2.05) is 36.4 Å². The number of sulfonamides is 1. The number of nitro groups is 1. The number of ether oxygens (including phenoxy) is 2. The number of nitro benzene ring substituents is 1. The second kappa shape index (κ2) is 17.8. The first-order chi connectivity index (χ1) is 31.8. The summed E-state index contributed by atoms with van der Waals surface area (Å²) in [6, 6.07) is 21.1. The van der Waals surface area contributed by atoms with Gasteiger partial charge in [0.25, 0.3) is 15.9 Å². The van der Waals surface area contributed by atoms with E-state index in [1.54, 1.807) is 23.1 Å². The molecule has 2 N–H and O–H groups in total. The van der Waals surface area contributed by atoms with E-state index in [0.717, 1.165) is 93.5 Å². The summed E-state index contributed by atoms with van der Waals surface area (Å²) in [6.07, 6.45) is 8.60. The molecule has 1 atom stereocenters. The number of nitrogens with one attached hydrogen (secondary N) is 2. The van der Waals surface area contributed by atoms with Crippen LogP contribution in [0.25, 0.3) is 33.3 Å². The minimum absolute atomic E-state index is 0.0317. The second-order valence-electron chi connectivity index (χ2n) is 18.6. The van der Waals surface area contributed by atoms with Crippen molar-refractivity contribution in [3.63, 3.8) is 0 Å². The molecule has 2 aliphatic carbocycles. The van der Waals surface area contributed by atoms with Crippen LogP contribution in [-0.4, -0.2) is 120 Å². The van der Waals surface area contributed by atoms with E-state index in [1.165, 1.54) is 28.8 Å². The molecule has 16 nitrogen and oxygen atoms in total. The van der Waals surface area contributed by atoms with Crippen molar-refractivity contribution in [1.82, 2.24) is 34.3 Å². The quantitative estimate of drug-likeness (QED) is 0.0856. The summed E-state index contributed by atoms with van der Waals surface area (Å²) < 4.78 is 43.3. The number of piperazine rings is 1. The third-order valence-electron chi connectivity index (χ3n) is 13.4. The van der Waals surface area contributed by atoms with Crippen LogP contribution in [0.1, 0.15) is 61.9 Å². The zero-order chi connectivity index (χ0) is 45.7. The molecule has 3 aromatic carbocycles. The number of aromatic amines is 1. The molecule has 3 aromatic heterocycles. The zero-order valence-corrected chi connectivity index (χ0v) is 38.5. The van der Waals surface area contributed by atoms with Crippen LogP contribution in [0.2, 0.25) is 5.02 Å². The molecular weight excluding hydrogens is 882 g/mol. The molecule has 344 valence electrons. The van der Waals surface area contributed by atoms with Gasteiger partial charge in [-0.1, -0.05) is 43.2 Å². The van der Waals surface area contributed by atoms with Gasteiger partial charge in [0.2, 0.25) is 0 Å². The SMILES string of the molecule is CC1(C)CCC(CN2CCN(c3ccc(C(=O)NS(=O)(=O)c4ccc(OC[C@H]5CN(C6CC6)CCO5)c([N+](=O)[O-])c4)c(-n4ncc5nc6[nH]ccc6cc54)c3)CC2)=C(c2ccc(Cl)cc2)C1. The Balaban J connectivity index is 0.894. The molecule has 66 heavy (non-hydrogen) atoms. The number of H-pyrrole nitrogens is 1. The summed E-state index contributed by atoms with van der Waals surface area (Å²) in [5.74, 6) is -1.02. The van der Waals surface area contributed by atoms with Gasteiger partial charge in [0.1, 0.15) is 23.9 Å². The number of pyridine rings is 1. The smallest absolute Gasteiger partial charge is 0.312 e. The van der Waals surface area contributed by atoms with Crippen LogP contribution in [0.4, 0.5) is 11.4 Å². The molecular formula is C48H52ClN9O7S. The fourth-order valence-corrected chi connectivity index (χ4v) is 10.7. The normalized spacial score (nSPS) is 19.7. The Morgan fingerprint density at radius 2 is 1.83 bits per heavy atom. The Morgan fingerprint density at radius 3 is 2.61 bits per heavy atom.